The number of nitrogens with one attached hydrogen (secondary N) is 2. The first-order valence-electron chi connectivity index (χ1n) is 9.61. The zero-order valence-electron chi connectivity index (χ0n) is 16.7. The molecule has 1 aliphatic heterocycles. The number of carbonyl (C=O) groups excluding carboxylic acids is 2. The van der Waals surface area contributed by atoms with Crippen molar-refractivity contribution < 1.29 is 28.2 Å². The van der Waals surface area contributed by atoms with Gasteiger partial charge in [-0.15, -0.1) is 0 Å². The van der Waals surface area contributed by atoms with Gasteiger partial charge in [-0.25, -0.2) is 0 Å². The van der Waals surface area contributed by atoms with E-state index in [0.29, 0.717) is 48.7 Å². The van der Waals surface area contributed by atoms with E-state index in [-0.39, 0.29) is 11.8 Å². The summed E-state index contributed by atoms with van der Waals surface area (Å²) in [5.74, 6) is 0.940. The Bertz CT molecular complexity index is 828. The Hall–Kier alpha value is -3.00. The largest absolute Gasteiger partial charge is 0.493 e. The number of hydrogen-bond donors (Lipinski definition) is 2. The van der Waals surface area contributed by atoms with Gasteiger partial charge in [-0.2, -0.15) is 0 Å². The molecule has 29 heavy (non-hydrogen) atoms. The Kier molecular flexibility index (Phi) is 7.13. The van der Waals surface area contributed by atoms with Gasteiger partial charge in [0.15, 0.2) is 11.5 Å². The summed E-state index contributed by atoms with van der Waals surface area (Å²) in [6, 6.07) is 6.80. The Labute approximate surface area is 169 Å². The Morgan fingerprint density at radius 2 is 2.07 bits per heavy atom. The van der Waals surface area contributed by atoms with Crippen LogP contribution in [0.3, 0.4) is 0 Å². The van der Waals surface area contributed by atoms with E-state index >= 15 is 0 Å². The van der Waals surface area contributed by atoms with Crippen LogP contribution in [0.1, 0.15) is 35.4 Å². The van der Waals surface area contributed by atoms with E-state index in [1.165, 1.54) is 14.2 Å². The van der Waals surface area contributed by atoms with Gasteiger partial charge < -0.3 is 29.3 Å². The zero-order valence-corrected chi connectivity index (χ0v) is 16.7. The van der Waals surface area contributed by atoms with Gasteiger partial charge in [-0.1, -0.05) is 0 Å². The highest BCUT2D eigenvalue weighted by Gasteiger charge is 2.24. The highest BCUT2D eigenvalue weighted by Crippen LogP contribution is 2.37. The van der Waals surface area contributed by atoms with Crippen molar-refractivity contribution in [1.82, 2.24) is 5.32 Å². The van der Waals surface area contributed by atoms with Crippen LogP contribution in [0.4, 0.5) is 5.69 Å². The Morgan fingerprint density at radius 1 is 1.21 bits per heavy atom. The van der Waals surface area contributed by atoms with Gasteiger partial charge in [0.1, 0.15) is 11.9 Å². The minimum absolute atomic E-state index is 0.263. The molecule has 2 heterocycles. The number of methoxy groups -OCH3 is 2. The smallest absolute Gasteiger partial charge is 0.253 e. The van der Waals surface area contributed by atoms with Crippen molar-refractivity contribution in [2.45, 2.75) is 31.8 Å². The predicted molar refractivity (Wildman–Crippen MR) is 107 cm³/mol. The van der Waals surface area contributed by atoms with Crippen LogP contribution in [-0.4, -0.2) is 45.3 Å². The van der Waals surface area contributed by atoms with Crippen LogP contribution in [0.15, 0.2) is 34.9 Å². The lowest BCUT2D eigenvalue weighted by Crippen LogP contribution is -2.33. The SMILES string of the molecule is COc1cc(C(=O)NCCc2ccco2)cc(NC(=O)C2CCCCO2)c1OC. The second-order valence-electron chi connectivity index (χ2n) is 6.69. The third-order valence-corrected chi connectivity index (χ3v) is 4.71. The first kappa shape index (κ1) is 20.7. The summed E-state index contributed by atoms with van der Waals surface area (Å²) in [5.41, 5.74) is 0.712. The summed E-state index contributed by atoms with van der Waals surface area (Å²) < 4.78 is 21.5. The van der Waals surface area contributed by atoms with E-state index in [0.717, 1.165) is 18.6 Å². The number of amides is 2. The molecular weight excluding hydrogens is 376 g/mol. The molecule has 1 aromatic heterocycles. The van der Waals surface area contributed by atoms with Crippen LogP contribution >= 0.6 is 0 Å². The lowest BCUT2D eigenvalue weighted by atomic mass is 10.1. The van der Waals surface area contributed by atoms with Crippen LogP contribution in [0.5, 0.6) is 11.5 Å². The lowest BCUT2D eigenvalue weighted by molar-refractivity contribution is -0.129. The van der Waals surface area contributed by atoms with Crippen LogP contribution < -0.4 is 20.1 Å². The van der Waals surface area contributed by atoms with E-state index in [1.54, 1.807) is 24.5 Å². The number of carbonyl (C=O) groups is 2. The molecule has 1 unspecified atom stereocenters. The third-order valence-electron chi connectivity index (χ3n) is 4.71. The average Bonchev–Trinajstić information content (AvgIpc) is 3.27. The monoisotopic (exact) mass is 402 g/mol. The molecule has 1 aromatic carbocycles. The molecule has 0 saturated carbocycles. The van der Waals surface area contributed by atoms with E-state index in [9.17, 15) is 9.59 Å². The summed E-state index contributed by atoms with van der Waals surface area (Å²) in [4.78, 5) is 25.2. The summed E-state index contributed by atoms with van der Waals surface area (Å²) in [5, 5.41) is 5.65. The first-order valence-corrected chi connectivity index (χ1v) is 9.61. The van der Waals surface area contributed by atoms with Crippen molar-refractivity contribution in [1.29, 1.82) is 0 Å². The van der Waals surface area contributed by atoms with Crippen LogP contribution in [0.25, 0.3) is 0 Å². The molecule has 1 saturated heterocycles. The van der Waals surface area contributed by atoms with Crippen molar-refractivity contribution in [2.75, 3.05) is 32.7 Å². The molecule has 0 radical (unpaired) electrons. The van der Waals surface area contributed by atoms with Crippen LogP contribution in [0.2, 0.25) is 0 Å². The molecule has 2 amide bonds. The van der Waals surface area contributed by atoms with Crippen molar-refractivity contribution >= 4 is 17.5 Å². The molecule has 2 aromatic rings. The molecule has 8 nitrogen and oxygen atoms in total. The molecule has 0 aliphatic carbocycles. The molecule has 1 atom stereocenters. The summed E-state index contributed by atoms with van der Waals surface area (Å²) in [6.07, 6.45) is 4.22. The predicted octanol–water partition coefficient (Wildman–Crippen LogP) is 2.78. The zero-order chi connectivity index (χ0) is 20.6. The molecule has 2 N–H and O–H groups in total. The number of anilines is 1. The number of rotatable bonds is 8. The Morgan fingerprint density at radius 3 is 2.72 bits per heavy atom. The maximum atomic E-state index is 12.6. The molecule has 156 valence electrons. The van der Waals surface area contributed by atoms with Crippen LogP contribution in [0, 0.1) is 0 Å². The van der Waals surface area contributed by atoms with Crippen molar-refractivity contribution in [3.8, 4) is 11.5 Å². The van der Waals surface area contributed by atoms with E-state index in [4.69, 9.17) is 18.6 Å². The van der Waals surface area contributed by atoms with Gasteiger partial charge in [0.2, 0.25) is 0 Å². The fourth-order valence-corrected chi connectivity index (χ4v) is 3.21. The third kappa shape index (κ3) is 5.29. The van der Waals surface area contributed by atoms with Gasteiger partial charge in [-0.05, 0) is 43.5 Å². The molecule has 0 spiro atoms. The number of hydrogen-bond acceptors (Lipinski definition) is 6. The quantitative estimate of drug-likeness (QED) is 0.704. The molecule has 3 rings (SSSR count). The van der Waals surface area contributed by atoms with Crippen LogP contribution in [-0.2, 0) is 16.0 Å². The number of ether oxygens (including phenoxy) is 3. The van der Waals surface area contributed by atoms with E-state index < -0.39 is 6.10 Å². The molecule has 1 fully saturated rings. The lowest BCUT2D eigenvalue weighted by Gasteiger charge is -2.23. The number of furan rings is 1. The molecule has 8 heteroatoms. The van der Waals surface area contributed by atoms with E-state index in [2.05, 4.69) is 10.6 Å². The topological polar surface area (TPSA) is 99.0 Å². The second-order valence-corrected chi connectivity index (χ2v) is 6.69. The summed E-state index contributed by atoms with van der Waals surface area (Å²) >= 11 is 0. The van der Waals surface area contributed by atoms with Gasteiger partial charge >= 0.3 is 0 Å². The van der Waals surface area contributed by atoms with Gasteiger partial charge in [-0.3, -0.25) is 9.59 Å². The standard InChI is InChI=1S/C21H26N2O6/c1-26-18-13-14(20(24)22-9-8-15-6-5-11-28-15)12-16(19(18)27-2)23-21(25)17-7-3-4-10-29-17/h5-6,11-13,17H,3-4,7-10H2,1-2H3,(H,22,24)(H,23,25). The highest BCUT2D eigenvalue weighted by molar-refractivity contribution is 6.00. The summed E-state index contributed by atoms with van der Waals surface area (Å²) in [7, 11) is 2.96. The van der Waals surface area contributed by atoms with Gasteiger partial charge in [0, 0.05) is 25.1 Å². The molecule has 0 bridgehead atoms. The van der Waals surface area contributed by atoms with Crippen molar-refractivity contribution in [3.05, 3.63) is 41.9 Å². The van der Waals surface area contributed by atoms with Crippen molar-refractivity contribution in [2.24, 2.45) is 0 Å². The minimum Gasteiger partial charge on any atom is -0.493 e. The van der Waals surface area contributed by atoms with Gasteiger partial charge in [0.25, 0.3) is 11.8 Å². The van der Waals surface area contributed by atoms with E-state index in [1.807, 2.05) is 6.07 Å². The maximum absolute atomic E-state index is 12.6. The average molecular weight is 402 g/mol. The molecule has 1 aliphatic rings. The minimum atomic E-state index is -0.509. The first-order chi connectivity index (χ1) is 14.1. The fourth-order valence-electron chi connectivity index (χ4n) is 3.21. The normalized spacial score (nSPS) is 16.1. The Balaban J connectivity index is 1.73. The van der Waals surface area contributed by atoms with Crippen molar-refractivity contribution in [3.63, 3.8) is 0 Å². The highest BCUT2D eigenvalue weighted by atomic mass is 16.5. The summed E-state index contributed by atoms with van der Waals surface area (Å²) in [6.45, 7) is 0.981. The van der Waals surface area contributed by atoms with Gasteiger partial charge in [0.05, 0.1) is 26.2 Å². The maximum Gasteiger partial charge on any atom is 0.253 e. The fraction of sp³-hybridized carbons (Fsp3) is 0.429. The number of benzene rings is 1. The molecular formula is C21H26N2O6. The second kappa shape index (κ2) is 9.97.